The van der Waals surface area contributed by atoms with Gasteiger partial charge in [-0.3, -0.25) is 0 Å². The Hall–Kier alpha value is -0.800. The molecule has 1 atom stereocenters. The van der Waals surface area contributed by atoms with Crippen molar-refractivity contribution in [2.75, 3.05) is 14.1 Å². The van der Waals surface area contributed by atoms with Gasteiger partial charge in [-0.25, -0.2) is 0 Å². The van der Waals surface area contributed by atoms with Gasteiger partial charge in [0.1, 0.15) is 0 Å². The van der Waals surface area contributed by atoms with Crippen molar-refractivity contribution in [2.45, 2.75) is 37.8 Å². The molecule has 0 aliphatic heterocycles. The van der Waals surface area contributed by atoms with Crippen molar-refractivity contribution in [1.29, 1.82) is 0 Å². The maximum Gasteiger partial charge on any atom is 0.0499 e. The molecule has 16 heavy (non-hydrogen) atoms. The fourth-order valence-electron chi connectivity index (χ4n) is 2.92. The van der Waals surface area contributed by atoms with Crippen LogP contribution in [0.5, 0.6) is 0 Å². The van der Waals surface area contributed by atoms with Crippen LogP contribution in [0.3, 0.4) is 0 Å². The lowest BCUT2D eigenvalue weighted by molar-refractivity contribution is 0.245. The van der Waals surface area contributed by atoms with E-state index in [2.05, 4.69) is 41.8 Å². The van der Waals surface area contributed by atoms with Gasteiger partial charge in [0.25, 0.3) is 0 Å². The minimum atomic E-state index is 0.493. The smallest absolute Gasteiger partial charge is 0.0499 e. The fourth-order valence-corrected chi connectivity index (χ4v) is 2.92. The summed E-state index contributed by atoms with van der Waals surface area (Å²) in [7, 11) is 4.14. The van der Waals surface area contributed by atoms with Crippen molar-refractivity contribution in [1.82, 2.24) is 15.6 Å². The Morgan fingerprint density at radius 2 is 2.00 bits per heavy atom. The topological polar surface area (TPSA) is 39.8 Å². The summed E-state index contributed by atoms with van der Waals surface area (Å²) in [5.74, 6) is 0.772. The van der Waals surface area contributed by atoms with Gasteiger partial charge in [0.2, 0.25) is 0 Å². The summed E-state index contributed by atoms with van der Waals surface area (Å²) in [6.07, 6.45) is 7.26. The van der Waals surface area contributed by atoms with E-state index >= 15 is 0 Å². The highest BCUT2D eigenvalue weighted by molar-refractivity contribution is 5.10. The minimum Gasteiger partial charge on any atom is -0.364 e. The first-order chi connectivity index (χ1) is 7.85. The van der Waals surface area contributed by atoms with Crippen LogP contribution in [0.4, 0.5) is 0 Å². The van der Waals surface area contributed by atoms with Crippen molar-refractivity contribution >= 4 is 0 Å². The summed E-state index contributed by atoms with van der Waals surface area (Å²) in [5.41, 5.74) is 1.33. The second-order valence-electron chi connectivity index (χ2n) is 4.79. The van der Waals surface area contributed by atoms with Crippen LogP contribution in [0.1, 0.15) is 37.4 Å². The van der Waals surface area contributed by atoms with Gasteiger partial charge in [-0.2, -0.15) is 0 Å². The van der Waals surface area contributed by atoms with Gasteiger partial charge < -0.3 is 15.6 Å². The molecule has 3 nitrogen and oxygen atoms in total. The van der Waals surface area contributed by atoms with Crippen LogP contribution in [0.25, 0.3) is 0 Å². The van der Waals surface area contributed by atoms with Crippen LogP contribution in [0, 0.1) is 5.92 Å². The molecule has 1 heterocycles. The van der Waals surface area contributed by atoms with Crippen molar-refractivity contribution in [3.05, 3.63) is 24.0 Å². The van der Waals surface area contributed by atoms with Gasteiger partial charge in [-0.1, -0.05) is 0 Å². The monoisotopic (exact) mass is 221 g/mol. The molecule has 1 aromatic heterocycles. The van der Waals surface area contributed by atoms with Crippen LogP contribution < -0.4 is 10.6 Å². The fraction of sp³-hybridized carbons (Fsp3) is 0.692. The molecule has 90 valence electrons. The second-order valence-corrected chi connectivity index (χ2v) is 4.79. The summed E-state index contributed by atoms with van der Waals surface area (Å²) in [6, 6.07) is 5.50. The highest BCUT2D eigenvalue weighted by Crippen LogP contribution is 2.33. The van der Waals surface area contributed by atoms with Gasteiger partial charge in [0.15, 0.2) is 0 Å². The van der Waals surface area contributed by atoms with E-state index in [1.165, 1.54) is 31.4 Å². The van der Waals surface area contributed by atoms with Crippen molar-refractivity contribution in [2.24, 2.45) is 5.92 Å². The maximum absolute atomic E-state index is 3.46. The van der Waals surface area contributed by atoms with E-state index in [9.17, 15) is 0 Å². The molecule has 0 spiro atoms. The highest BCUT2D eigenvalue weighted by atomic mass is 14.9. The van der Waals surface area contributed by atoms with Crippen LogP contribution in [0.2, 0.25) is 0 Å². The molecule has 1 aromatic rings. The SMILES string of the molecule is CNC1CCC(C(NC)c2ccc[nH]2)CC1. The average molecular weight is 221 g/mol. The van der Waals surface area contributed by atoms with Crippen molar-refractivity contribution < 1.29 is 0 Å². The van der Waals surface area contributed by atoms with Gasteiger partial charge >= 0.3 is 0 Å². The highest BCUT2D eigenvalue weighted by Gasteiger charge is 2.27. The van der Waals surface area contributed by atoms with Gasteiger partial charge in [-0.05, 0) is 57.8 Å². The predicted molar refractivity (Wildman–Crippen MR) is 67.4 cm³/mol. The lowest BCUT2D eigenvalue weighted by Gasteiger charge is -2.33. The Bertz CT molecular complexity index is 286. The summed E-state index contributed by atoms with van der Waals surface area (Å²) in [5, 5.41) is 6.84. The second kappa shape index (κ2) is 5.51. The number of H-pyrrole nitrogens is 1. The van der Waals surface area contributed by atoms with E-state index < -0.39 is 0 Å². The molecule has 3 heteroatoms. The molecule has 0 aromatic carbocycles. The number of hydrogen-bond acceptors (Lipinski definition) is 2. The molecule has 1 saturated carbocycles. The zero-order chi connectivity index (χ0) is 11.4. The number of aromatic nitrogens is 1. The van der Waals surface area contributed by atoms with Gasteiger partial charge in [0.05, 0.1) is 0 Å². The molecule has 1 unspecified atom stereocenters. The quantitative estimate of drug-likeness (QED) is 0.728. The number of hydrogen-bond donors (Lipinski definition) is 3. The summed E-state index contributed by atoms with van der Waals surface area (Å²) in [4.78, 5) is 3.33. The molecule has 0 radical (unpaired) electrons. The van der Waals surface area contributed by atoms with E-state index in [1.807, 2.05) is 6.20 Å². The van der Waals surface area contributed by atoms with E-state index in [4.69, 9.17) is 0 Å². The number of aromatic amines is 1. The largest absolute Gasteiger partial charge is 0.364 e. The first-order valence-corrected chi connectivity index (χ1v) is 6.33. The van der Waals surface area contributed by atoms with E-state index in [0.29, 0.717) is 6.04 Å². The van der Waals surface area contributed by atoms with Gasteiger partial charge in [0, 0.05) is 24.0 Å². The van der Waals surface area contributed by atoms with E-state index in [0.717, 1.165) is 12.0 Å². The number of rotatable bonds is 4. The Morgan fingerprint density at radius 1 is 1.25 bits per heavy atom. The predicted octanol–water partition coefficient (Wildman–Crippen LogP) is 2.05. The first-order valence-electron chi connectivity index (χ1n) is 6.33. The molecule has 0 bridgehead atoms. The van der Waals surface area contributed by atoms with Gasteiger partial charge in [-0.15, -0.1) is 0 Å². The van der Waals surface area contributed by atoms with Crippen molar-refractivity contribution in [3.63, 3.8) is 0 Å². The summed E-state index contributed by atoms with van der Waals surface area (Å²) in [6.45, 7) is 0. The molecule has 1 fully saturated rings. The zero-order valence-corrected chi connectivity index (χ0v) is 10.3. The Morgan fingerprint density at radius 3 is 2.50 bits per heavy atom. The normalized spacial score (nSPS) is 27.9. The van der Waals surface area contributed by atoms with Crippen molar-refractivity contribution in [3.8, 4) is 0 Å². The number of nitrogens with one attached hydrogen (secondary N) is 3. The molecule has 3 N–H and O–H groups in total. The lowest BCUT2D eigenvalue weighted by Crippen LogP contribution is -2.35. The molecule has 2 rings (SSSR count). The summed E-state index contributed by atoms with van der Waals surface area (Å²) >= 11 is 0. The Balaban J connectivity index is 1.96. The van der Waals surface area contributed by atoms with Crippen LogP contribution in [-0.4, -0.2) is 25.1 Å². The first kappa shape index (κ1) is 11.7. The molecule has 1 aliphatic carbocycles. The van der Waals surface area contributed by atoms with E-state index in [1.54, 1.807) is 0 Å². The minimum absolute atomic E-state index is 0.493. The molecular formula is C13H23N3. The maximum atomic E-state index is 3.46. The van der Waals surface area contributed by atoms with Crippen LogP contribution in [-0.2, 0) is 0 Å². The third-order valence-corrected chi connectivity index (χ3v) is 3.92. The van der Waals surface area contributed by atoms with E-state index in [-0.39, 0.29) is 0 Å². The third-order valence-electron chi connectivity index (χ3n) is 3.92. The molecular weight excluding hydrogens is 198 g/mol. The Kier molecular flexibility index (Phi) is 4.02. The summed E-state index contributed by atoms with van der Waals surface area (Å²) < 4.78 is 0. The molecule has 0 amide bonds. The van der Waals surface area contributed by atoms with Crippen LogP contribution in [0.15, 0.2) is 18.3 Å². The molecule has 1 aliphatic rings. The third kappa shape index (κ3) is 2.47. The average Bonchev–Trinajstić information content (AvgIpc) is 2.85. The standard InChI is InChI=1S/C13H23N3/c1-14-11-7-5-10(6-8-11)13(15-2)12-4-3-9-16-12/h3-4,9-11,13-16H,5-8H2,1-2H3. The molecule has 0 saturated heterocycles. The Labute approximate surface area is 98.0 Å². The van der Waals surface area contributed by atoms with Crippen LogP contribution >= 0.6 is 0 Å². The lowest BCUT2D eigenvalue weighted by atomic mass is 9.80. The zero-order valence-electron chi connectivity index (χ0n) is 10.3.